The summed E-state index contributed by atoms with van der Waals surface area (Å²) in [7, 11) is 0. The van der Waals surface area contributed by atoms with E-state index in [4.69, 9.17) is 0 Å². The van der Waals surface area contributed by atoms with E-state index in [1.807, 2.05) is 61.5 Å². The summed E-state index contributed by atoms with van der Waals surface area (Å²) in [6.07, 6.45) is 4.61. The predicted molar refractivity (Wildman–Crippen MR) is 117 cm³/mol. The quantitative estimate of drug-likeness (QED) is 0.311. The fourth-order valence-electron chi connectivity index (χ4n) is 3.44. The number of aromatic nitrogens is 2. The van der Waals surface area contributed by atoms with Crippen molar-refractivity contribution in [1.82, 2.24) is 9.97 Å². The number of Topliss-reactive ketones (excluding diaryl/α,β-unsaturated/α-hetero) is 1. The molecule has 0 fully saturated rings. The number of hydrogen-bond acceptors (Lipinski definition) is 4. The minimum Gasteiger partial charge on any atom is -0.321 e. The van der Waals surface area contributed by atoms with Crippen LogP contribution in [-0.2, 0) is 0 Å². The lowest BCUT2D eigenvalue weighted by atomic mass is 9.91. The lowest BCUT2D eigenvalue weighted by molar-refractivity contribution is 0.103. The van der Waals surface area contributed by atoms with E-state index in [2.05, 4.69) is 9.97 Å². The predicted octanol–water partition coefficient (Wildman–Crippen LogP) is 4.69. The first kappa shape index (κ1) is 19.0. The van der Waals surface area contributed by atoms with Crippen molar-refractivity contribution in [2.45, 2.75) is 6.92 Å². The molecule has 144 valence electrons. The van der Waals surface area contributed by atoms with Crippen molar-refractivity contribution >= 4 is 22.8 Å². The number of rotatable bonds is 4. The molecule has 0 bridgehead atoms. The van der Waals surface area contributed by atoms with Crippen molar-refractivity contribution in [3.8, 4) is 17.2 Å². The van der Waals surface area contributed by atoms with Gasteiger partial charge in [0, 0.05) is 28.9 Å². The van der Waals surface area contributed by atoms with Crippen molar-refractivity contribution in [2.75, 3.05) is 0 Å². The minimum absolute atomic E-state index is 0.0454. The van der Waals surface area contributed by atoms with Crippen LogP contribution in [0, 0.1) is 18.3 Å². The number of ketones is 1. The second-order valence-electron chi connectivity index (χ2n) is 6.90. The van der Waals surface area contributed by atoms with Gasteiger partial charge in [0.05, 0.1) is 5.56 Å². The van der Waals surface area contributed by atoms with Crippen molar-refractivity contribution in [2.24, 2.45) is 0 Å². The van der Waals surface area contributed by atoms with Crippen LogP contribution in [-0.4, -0.2) is 15.8 Å². The summed E-state index contributed by atoms with van der Waals surface area (Å²) in [5.74, 6) is -0.620. The standard InChI is InChI=1S/C25H17N3O2/c1-16-9-10-21-20(12-16)22(18-7-3-2-4-8-18)23(25(30)28-21)24(29)19(14-26)13-17-6-5-11-27-15-17/h2-13,15H,1H3,(H,28,30)/b19-13+. The zero-order chi connectivity index (χ0) is 21.1. The van der Waals surface area contributed by atoms with Crippen molar-refractivity contribution in [3.63, 3.8) is 0 Å². The van der Waals surface area contributed by atoms with Gasteiger partial charge >= 0.3 is 0 Å². The fourth-order valence-corrected chi connectivity index (χ4v) is 3.44. The van der Waals surface area contributed by atoms with E-state index in [0.717, 1.165) is 16.5 Å². The van der Waals surface area contributed by atoms with Gasteiger partial charge in [0.2, 0.25) is 5.78 Å². The molecular weight excluding hydrogens is 374 g/mol. The fraction of sp³-hybridized carbons (Fsp3) is 0.0400. The average molecular weight is 391 g/mol. The third-order valence-electron chi connectivity index (χ3n) is 4.82. The molecule has 0 saturated heterocycles. The summed E-state index contributed by atoms with van der Waals surface area (Å²) in [5, 5.41) is 10.4. The van der Waals surface area contributed by atoms with Gasteiger partial charge in [0.25, 0.3) is 5.56 Å². The molecule has 5 heteroatoms. The van der Waals surface area contributed by atoms with Crippen LogP contribution in [0.2, 0.25) is 0 Å². The molecule has 0 aliphatic rings. The van der Waals surface area contributed by atoms with Gasteiger partial charge in [-0.3, -0.25) is 14.6 Å². The number of aryl methyl sites for hydroxylation is 1. The van der Waals surface area contributed by atoms with E-state index in [1.165, 1.54) is 6.08 Å². The maximum atomic E-state index is 13.4. The average Bonchev–Trinajstić information content (AvgIpc) is 2.77. The van der Waals surface area contributed by atoms with Crippen LogP contribution in [0.15, 0.2) is 83.4 Å². The van der Waals surface area contributed by atoms with Crippen LogP contribution in [0.3, 0.4) is 0 Å². The molecule has 0 saturated carbocycles. The number of H-pyrrole nitrogens is 1. The first-order valence-electron chi connectivity index (χ1n) is 9.37. The molecule has 30 heavy (non-hydrogen) atoms. The lowest BCUT2D eigenvalue weighted by Crippen LogP contribution is -2.21. The minimum atomic E-state index is -0.620. The zero-order valence-corrected chi connectivity index (χ0v) is 16.2. The van der Waals surface area contributed by atoms with Crippen LogP contribution in [0.5, 0.6) is 0 Å². The van der Waals surface area contributed by atoms with Gasteiger partial charge in [0.15, 0.2) is 0 Å². The Labute approximate surface area is 173 Å². The normalized spacial score (nSPS) is 11.3. The zero-order valence-electron chi connectivity index (χ0n) is 16.2. The molecule has 0 atom stereocenters. The molecular formula is C25H17N3O2. The van der Waals surface area contributed by atoms with E-state index in [1.54, 1.807) is 24.5 Å². The highest BCUT2D eigenvalue weighted by Crippen LogP contribution is 2.31. The van der Waals surface area contributed by atoms with Gasteiger partial charge in [-0.15, -0.1) is 0 Å². The molecule has 4 rings (SSSR count). The maximum absolute atomic E-state index is 13.4. The van der Waals surface area contributed by atoms with Crippen molar-refractivity contribution in [3.05, 3.63) is 106 Å². The Morgan fingerprint density at radius 2 is 1.90 bits per heavy atom. The second-order valence-corrected chi connectivity index (χ2v) is 6.90. The topological polar surface area (TPSA) is 86.6 Å². The van der Waals surface area contributed by atoms with Crippen molar-refractivity contribution in [1.29, 1.82) is 5.26 Å². The molecule has 4 aromatic rings. The summed E-state index contributed by atoms with van der Waals surface area (Å²) in [6.45, 7) is 1.95. The summed E-state index contributed by atoms with van der Waals surface area (Å²) in [4.78, 5) is 33.2. The lowest BCUT2D eigenvalue weighted by Gasteiger charge is -2.13. The van der Waals surface area contributed by atoms with E-state index in [0.29, 0.717) is 16.6 Å². The highest BCUT2D eigenvalue weighted by molar-refractivity contribution is 6.19. The van der Waals surface area contributed by atoms with Gasteiger partial charge in [-0.1, -0.05) is 48.0 Å². The maximum Gasteiger partial charge on any atom is 0.260 e. The van der Waals surface area contributed by atoms with Gasteiger partial charge < -0.3 is 4.98 Å². The highest BCUT2D eigenvalue weighted by atomic mass is 16.1. The van der Waals surface area contributed by atoms with Crippen LogP contribution in [0.4, 0.5) is 0 Å². The Hall–Kier alpha value is -4.30. The number of benzene rings is 2. The molecule has 2 aromatic heterocycles. The summed E-state index contributed by atoms with van der Waals surface area (Å²) in [5.41, 5.74) is 2.80. The smallest absolute Gasteiger partial charge is 0.260 e. The van der Waals surface area contributed by atoms with Crippen LogP contribution < -0.4 is 5.56 Å². The molecule has 0 aliphatic heterocycles. The molecule has 0 unspecified atom stereocenters. The van der Waals surface area contributed by atoms with Gasteiger partial charge in [-0.05, 0) is 42.3 Å². The van der Waals surface area contributed by atoms with E-state index in [9.17, 15) is 14.9 Å². The molecule has 1 N–H and O–H groups in total. The number of carbonyl (C=O) groups excluding carboxylic acids is 1. The number of nitriles is 1. The Morgan fingerprint density at radius 1 is 1.10 bits per heavy atom. The molecule has 0 amide bonds. The van der Waals surface area contributed by atoms with E-state index >= 15 is 0 Å². The molecule has 0 aliphatic carbocycles. The molecule has 2 heterocycles. The summed E-state index contributed by atoms with van der Waals surface area (Å²) in [6, 6.07) is 20.3. The third-order valence-corrected chi connectivity index (χ3v) is 4.82. The molecule has 0 spiro atoms. The third kappa shape index (κ3) is 3.54. The molecule has 0 radical (unpaired) electrons. The number of carbonyl (C=O) groups is 1. The Balaban J connectivity index is 2.02. The van der Waals surface area contributed by atoms with Crippen LogP contribution in [0.25, 0.3) is 28.1 Å². The Morgan fingerprint density at radius 3 is 2.60 bits per heavy atom. The molecule has 2 aromatic carbocycles. The summed E-state index contributed by atoms with van der Waals surface area (Å²) >= 11 is 0. The first-order valence-corrected chi connectivity index (χ1v) is 9.37. The largest absolute Gasteiger partial charge is 0.321 e. The second kappa shape index (κ2) is 7.98. The van der Waals surface area contributed by atoms with Gasteiger partial charge in [-0.2, -0.15) is 5.26 Å². The van der Waals surface area contributed by atoms with Crippen LogP contribution in [0.1, 0.15) is 21.5 Å². The molecule has 5 nitrogen and oxygen atoms in total. The van der Waals surface area contributed by atoms with Gasteiger partial charge in [0.1, 0.15) is 11.6 Å². The summed E-state index contributed by atoms with van der Waals surface area (Å²) < 4.78 is 0. The Kier molecular flexibility index (Phi) is 5.06. The monoisotopic (exact) mass is 391 g/mol. The number of aromatic amines is 1. The number of fused-ring (bicyclic) bond motifs is 1. The van der Waals surface area contributed by atoms with E-state index < -0.39 is 11.3 Å². The van der Waals surface area contributed by atoms with E-state index in [-0.39, 0.29) is 11.1 Å². The van der Waals surface area contributed by atoms with Crippen molar-refractivity contribution < 1.29 is 4.79 Å². The number of pyridine rings is 2. The Bertz CT molecular complexity index is 1380. The van der Waals surface area contributed by atoms with Gasteiger partial charge in [-0.25, -0.2) is 0 Å². The highest BCUT2D eigenvalue weighted by Gasteiger charge is 2.23. The SMILES string of the molecule is Cc1ccc2[nH]c(=O)c(C(=O)/C(C#N)=C/c3cccnc3)c(-c3ccccc3)c2c1. The first-order chi connectivity index (χ1) is 14.6. The number of hydrogen-bond donors (Lipinski definition) is 1. The number of nitrogens with zero attached hydrogens (tertiary/aromatic N) is 2. The number of allylic oxidation sites excluding steroid dienone is 1. The number of nitrogens with one attached hydrogen (secondary N) is 1. The van der Waals surface area contributed by atoms with Crippen LogP contribution >= 0.6 is 0 Å².